The number of aliphatic hydroxyl groups excluding tert-OH is 1. The van der Waals surface area contributed by atoms with Crippen molar-refractivity contribution in [3.63, 3.8) is 0 Å². The first-order valence-corrected chi connectivity index (χ1v) is 10.2. The molecule has 3 rings (SSSR count). The highest BCUT2D eigenvalue weighted by Crippen LogP contribution is 2.35. The van der Waals surface area contributed by atoms with E-state index in [9.17, 15) is 28.3 Å². The number of nitrogens with two attached hydrogens (primary N) is 2. The standard InChI is InChI=1S/C22H21F2N5O6.ClH/c23-22(24)35-17-14(19(27)31)2-1-3-15(17)29-6-7-34-18(21(29)33)16(30)20(32)28-13-5-4-11(9-25)12(8-13)10-26;/h1-5,8,16,18,22,30H,6-7,10,26H2,(H2,27,31)(H,28,32);1H. The highest BCUT2D eigenvalue weighted by molar-refractivity contribution is 6.06. The Labute approximate surface area is 210 Å². The van der Waals surface area contributed by atoms with Crippen molar-refractivity contribution in [3.05, 3.63) is 53.1 Å². The van der Waals surface area contributed by atoms with Gasteiger partial charge in [-0.1, -0.05) is 6.07 Å². The Morgan fingerprint density at radius 1 is 1.33 bits per heavy atom. The van der Waals surface area contributed by atoms with Crippen molar-refractivity contribution in [2.24, 2.45) is 11.5 Å². The molecule has 3 amide bonds. The lowest BCUT2D eigenvalue weighted by atomic mass is 10.1. The number of ether oxygens (including phenoxy) is 2. The molecule has 14 heteroatoms. The number of rotatable bonds is 8. The number of hydrogen-bond donors (Lipinski definition) is 4. The highest BCUT2D eigenvalue weighted by atomic mass is 35.5. The number of amides is 3. The van der Waals surface area contributed by atoms with E-state index in [-0.39, 0.29) is 49.0 Å². The minimum Gasteiger partial charge on any atom is -0.432 e. The Kier molecular flexibility index (Phi) is 9.65. The molecule has 11 nitrogen and oxygen atoms in total. The average Bonchev–Trinajstić information content (AvgIpc) is 2.83. The summed E-state index contributed by atoms with van der Waals surface area (Å²) in [4.78, 5) is 38.3. The van der Waals surface area contributed by atoms with Crippen LogP contribution in [0.25, 0.3) is 0 Å². The zero-order valence-electron chi connectivity index (χ0n) is 18.5. The Morgan fingerprint density at radius 3 is 2.67 bits per heavy atom. The van der Waals surface area contributed by atoms with Gasteiger partial charge in [0.1, 0.15) is 0 Å². The van der Waals surface area contributed by atoms with Crippen LogP contribution < -0.4 is 26.4 Å². The number of aliphatic hydroxyl groups is 1. The molecule has 0 radical (unpaired) electrons. The van der Waals surface area contributed by atoms with Gasteiger partial charge in [0.15, 0.2) is 18.0 Å². The third-order valence-corrected chi connectivity index (χ3v) is 5.15. The van der Waals surface area contributed by atoms with Crippen molar-refractivity contribution >= 4 is 41.5 Å². The summed E-state index contributed by atoms with van der Waals surface area (Å²) < 4.78 is 35.8. The molecule has 2 aromatic carbocycles. The van der Waals surface area contributed by atoms with Crippen molar-refractivity contribution in [1.29, 1.82) is 5.26 Å². The van der Waals surface area contributed by atoms with E-state index in [1.54, 1.807) is 0 Å². The zero-order valence-corrected chi connectivity index (χ0v) is 19.3. The SMILES string of the molecule is Cl.N#Cc1ccc(NC(=O)C(O)C2OCCN(c3cccc(C(N)=O)c3OC(F)F)C2=O)cc1CN. The number of nitrogens with one attached hydrogen (secondary N) is 1. The molecule has 0 aliphatic carbocycles. The summed E-state index contributed by atoms with van der Waals surface area (Å²) >= 11 is 0. The van der Waals surface area contributed by atoms with Crippen LogP contribution in [0, 0.1) is 11.3 Å². The molecule has 0 aromatic heterocycles. The van der Waals surface area contributed by atoms with Gasteiger partial charge in [0.2, 0.25) is 0 Å². The number of anilines is 2. The first-order valence-electron chi connectivity index (χ1n) is 10.2. The molecule has 2 atom stereocenters. The van der Waals surface area contributed by atoms with Crippen LogP contribution in [-0.2, 0) is 20.9 Å². The van der Waals surface area contributed by atoms with Crippen LogP contribution >= 0.6 is 12.4 Å². The van der Waals surface area contributed by atoms with Gasteiger partial charge >= 0.3 is 6.61 Å². The van der Waals surface area contributed by atoms with Gasteiger partial charge < -0.3 is 36.3 Å². The minimum absolute atomic E-state index is 0. The van der Waals surface area contributed by atoms with Gasteiger partial charge in [0.05, 0.1) is 29.5 Å². The van der Waals surface area contributed by atoms with Crippen LogP contribution in [0.15, 0.2) is 36.4 Å². The molecule has 0 spiro atoms. The van der Waals surface area contributed by atoms with Crippen LogP contribution in [0.5, 0.6) is 5.75 Å². The van der Waals surface area contributed by atoms with Gasteiger partial charge in [-0.05, 0) is 35.9 Å². The molecule has 0 bridgehead atoms. The van der Waals surface area contributed by atoms with Crippen LogP contribution in [-0.4, -0.2) is 54.8 Å². The molecule has 192 valence electrons. The van der Waals surface area contributed by atoms with Crippen molar-refractivity contribution < 1.29 is 37.7 Å². The van der Waals surface area contributed by atoms with Crippen LogP contribution in [0.3, 0.4) is 0 Å². The van der Waals surface area contributed by atoms with Crippen LogP contribution in [0.4, 0.5) is 20.2 Å². The van der Waals surface area contributed by atoms with Crippen molar-refractivity contribution in [1.82, 2.24) is 0 Å². The van der Waals surface area contributed by atoms with Gasteiger partial charge in [0, 0.05) is 18.8 Å². The second kappa shape index (κ2) is 12.2. The van der Waals surface area contributed by atoms with Gasteiger partial charge in [-0.25, -0.2) is 0 Å². The number of morpholine rings is 1. The van der Waals surface area contributed by atoms with Gasteiger partial charge in [-0.15, -0.1) is 12.4 Å². The van der Waals surface area contributed by atoms with Crippen LogP contribution in [0.2, 0.25) is 0 Å². The molecule has 36 heavy (non-hydrogen) atoms. The molecule has 2 aromatic rings. The predicted molar refractivity (Wildman–Crippen MR) is 125 cm³/mol. The lowest BCUT2D eigenvalue weighted by Gasteiger charge is -2.35. The topological polar surface area (TPSA) is 181 Å². The smallest absolute Gasteiger partial charge is 0.387 e. The van der Waals surface area contributed by atoms with E-state index in [0.29, 0.717) is 11.1 Å². The van der Waals surface area contributed by atoms with Gasteiger partial charge in [-0.2, -0.15) is 14.0 Å². The number of carbonyl (C=O) groups excluding carboxylic acids is 3. The van der Waals surface area contributed by atoms with E-state index in [1.165, 1.54) is 30.3 Å². The van der Waals surface area contributed by atoms with E-state index in [1.807, 2.05) is 6.07 Å². The maximum atomic E-state index is 13.1. The number of alkyl halides is 2. The Bertz CT molecular complexity index is 1190. The monoisotopic (exact) mass is 525 g/mol. The number of benzene rings is 2. The number of para-hydroxylation sites is 1. The number of nitrogens with zero attached hydrogens (tertiary/aromatic N) is 2. The summed E-state index contributed by atoms with van der Waals surface area (Å²) in [5, 5.41) is 22.0. The summed E-state index contributed by atoms with van der Waals surface area (Å²) in [6, 6.07) is 9.98. The molecule has 1 aliphatic rings. The average molecular weight is 526 g/mol. The quantitative estimate of drug-likeness (QED) is 0.391. The highest BCUT2D eigenvalue weighted by Gasteiger charge is 2.40. The summed E-state index contributed by atoms with van der Waals surface area (Å²) in [5.74, 6) is -3.59. The van der Waals surface area contributed by atoms with E-state index in [2.05, 4.69) is 10.1 Å². The first-order chi connectivity index (χ1) is 16.7. The molecule has 6 N–H and O–H groups in total. The molecule has 1 heterocycles. The number of carbonyl (C=O) groups is 3. The fourth-order valence-electron chi connectivity index (χ4n) is 3.52. The fourth-order valence-corrected chi connectivity index (χ4v) is 3.52. The third kappa shape index (κ3) is 6.04. The summed E-state index contributed by atoms with van der Waals surface area (Å²) in [6.45, 7) is -3.59. The number of nitriles is 1. The van der Waals surface area contributed by atoms with Crippen molar-refractivity contribution in [2.75, 3.05) is 23.4 Å². The molecule has 2 unspecified atom stereocenters. The lowest BCUT2D eigenvalue weighted by Crippen LogP contribution is -2.55. The Hall–Kier alpha value is -3.83. The molecular weight excluding hydrogens is 504 g/mol. The normalized spacial score (nSPS) is 16.1. The molecule has 0 saturated carbocycles. The van der Waals surface area contributed by atoms with Gasteiger partial charge in [-0.3, -0.25) is 14.4 Å². The summed E-state index contributed by atoms with van der Waals surface area (Å²) in [7, 11) is 0. The summed E-state index contributed by atoms with van der Waals surface area (Å²) in [6.07, 6.45) is -3.67. The third-order valence-electron chi connectivity index (χ3n) is 5.15. The van der Waals surface area contributed by atoms with Gasteiger partial charge in [0.25, 0.3) is 17.7 Å². The Balaban J connectivity index is 0.00000456. The molecule has 1 aliphatic heterocycles. The van der Waals surface area contributed by atoms with Crippen molar-refractivity contribution in [2.45, 2.75) is 25.4 Å². The zero-order chi connectivity index (χ0) is 25.7. The summed E-state index contributed by atoms with van der Waals surface area (Å²) in [5.41, 5.74) is 11.2. The maximum Gasteiger partial charge on any atom is 0.387 e. The van der Waals surface area contributed by atoms with E-state index >= 15 is 0 Å². The molecule has 1 saturated heterocycles. The second-order valence-corrected chi connectivity index (χ2v) is 7.30. The maximum absolute atomic E-state index is 13.1. The van der Waals surface area contributed by atoms with E-state index in [4.69, 9.17) is 21.5 Å². The predicted octanol–water partition coefficient (Wildman–Crippen LogP) is 0.870. The Morgan fingerprint density at radius 2 is 2.06 bits per heavy atom. The molecular formula is C22H22ClF2N5O6. The lowest BCUT2D eigenvalue weighted by molar-refractivity contribution is -0.150. The fraction of sp³-hybridized carbons (Fsp3) is 0.273. The minimum atomic E-state index is -3.32. The van der Waals surface area contributed by atoms with E-state index in [0.717, 1.165) is 11.0 Å². The number of primary amides is 1. The van der Waals surface area contributed by atoms with Crippen LogP contribution in [0.1, 0.15) is 21.5 Å². The number of hydrogen-bond acceptors (Lipinski definition) is 8. The molecule has 1 fully saturated rings. The largest absolute Gasteiger partial charge is 0.432 e. The second-order valence-electron chi connectivity index (χ2n) is 7.30. The van der Waals surface area contributed by atoms with Crippen molar-refractivity contribution in [3.8, 4) is 11.8 Å². The van der Waals surface area contributed by atoms with E-state index < -0.39 is 42.3 Å². The first kappa shape index (κ1) is 28.4. The number of halogens is 3.